The number of piperidine rings is 1. The standard InChI is InChI=1S/C19H29NO2/c1-14-11-18(22-5)16(19(2,3)4)12-15(14)17(21)13-20-9-7-6-8-10-20/h11-12H,6-10,13H2,1-5H3. The average Bonchev–Trinajstić information content (AvgIpc) is 2.46. The molecule has 1 fully saturated rings. The van der Waals surface area contributed by atoms with E-state index in [9.17, 15) is 4.79 Å². The van der Waals surface area contributed by atoms with E-state index in [0.717, 1.165) is 35.5 Å². The number of hydrogen-bond donors (Lipinski definition) is 0. The Morgan fingerprint density at radius 2 is 1.82 bits per heavy atom. The van der Waals surface area contributed by atoms with E-state index in [1.165, 1.54) is 19.3 Å². The lowest BCUT2D eigenvalue weighted by Gasteiger charge is -2.27. The van der Waals surface area contributed by atoms with Gasteiger partial charge in [-0.3, -0.25) is 9.69 Å². The van der Waals surface area contributed by atoms with Gasteiger partial charge in [-0.1, -0.05) is 27.2 Å². The lowest BCUT2D eigenvalue weighted by Crippen LogP contribution is -2.34. The molecule has 0 amide bonds. The largest absolute Gasteiger partial charge is 0.496 e. The Morgan fingerprint density at radius 3 is 2.36 bits per heavy atom. The third kappa shape index (κ3) is 3.89. The Bertz CT molecular complexity index is 537. The van der Waals surface area contributed by atoms with E-state index in [-0.39, 0.29) is 11.2 Å². The molecule has 3 heteroatoms. The second-order valence-electron chi connectivity index (χ2n) is 7.38. The number of Topliss-reactive ketones (excluding diaryl/α,β-unsaturated/α-hetero) is 1. The van der Waals surface area contributed by atoms with Gasteiger partial charge in [-0.05, 0) is 56.0 Å². The second-order valence-corrected chi connectivity index (χ2v) is 7.38. The van der Waals surface area contributed by atoms with Crippen molar-refractivity contribution in [3.05, 3.63) is 28.8 Å². The summed E-state index contributed by atoms with van der Waals surface area (Å²) in [6.45, 7) is 11.1. The van der Waals surface area contributed by atoms with Gasteiger partial charge in [-0.25, -0.2) is 0 Å². The van der Waals surface area contributed by atoms with Gasteiger partial charge >= 0.3 is 0 Å². The van der Waals surface area contributed by atoms with E-state index in [2.05, 4.69) is 25.7 Å². The van der Waals surface area contributed by atoms with Crippen LogP contribution < -0.4 is 4.74 Å². The molecule has 2 rings (SSSR count). The summed E-state index contributed by atoms with van der Waals surface area (Å²) in [5, 5.41) is 0. The van der Waals surface area contributed by atoms with Crippen molar-refractivity contribution in [2.75, 3.05) is 26.7 Å². The average molecular weight is 303 g/mol. The van der Waals surface area contributed by atoms with E-state index in [1.807, 2.05) is 19.1 Å². The number of carbonyl (C=O) groups excluding carboxylic acids is 1. The SMILES string of the molecule is COc1cc(C)c(C(=O)CN2CCCCC2)cc1C(C)(C)C. The van der Waals surface area contributed by atoms with E-state index in [1.54, 1.807) is 7.11 Å². The van der Waals surface area contributed by atoms with Crippen LogP contribution >= 0.6 is 0 Å². The van der Waals surface area contributed by atoms with Crippen molar-refractivity contribution in [1.82, 2.24) is 4.90 Å². The first-order chi connectivity index (χ1) is 10.3. The van der Waals surface area contributed by atoms with Gasteiger partial charge in [-0.15, -0.1) is 0 Å². The van der Waals surface area contributed by atoms with Crippen molar-refractivity contribution >= 4 is 5.78 Å². The van der Waals surface area contributed by atoms with Crippen LogP contribution in [0.2, 0.25) is 0 Å². The third-order valence-corrected chi connectivity index (χ3v) is 4.47. The molecule has 0 radical (unpaired) electrons. The van der Waals surface area contributed by atoms with E-state index >= 15 is 0 Å². The summed E-state index contributed by atoms with van der Waals surface area (Å²) in [5.74, 6) is 1.10. The number of aryl methyl sites for hydroxylation is 1. The lowest BCUT2D eigenvalue weighted by atomic mass is 9.83. The van der Waals surface area contributed by atoms with Crippen LogP contribution in [0.25, 0.3) is 0 Å². The zero-order valence-electron chi connectivity index (χ0n) is 14.7. The normalized spacial score (nSPS) is 16.6. The van der Waals surface area contributed by atoms with Crippen molar-refractivity contribution in [3.63, 3.8) is 0 Å². The van der Waals surface area contributed by atoms with Crippen molar-refractivity contribution in [3.8, 4) is 5.75 Å². The Morgan fingerprint density at radius 1 is 1.18 bits per heavy atom. The van der Waals surface area contributed by atoms with Crippen LogP contribution in [0.4, 0.5) is 0 Å². The first-order valence-corrected chi connectivity index (χ1v) is 8.27. The highest BCUT2D eigenvalue weighted by molar-refractivity contribution is 5.99. The Balaban J connectivity index is 2.27. The highest BCUT2D eigenvalue weighted by Gasteiger charge is 2.23. The molecular formula is C19H29NO2. The Kier molecular flexibility index (Phi) is 5.28. The fourth-order valence-corrected chi connectivity index (χ4v) is 3.14. The van der Waals surface area contributed by atoms with Crippen LogP contribution in [-0.4, -0.2) is 37.4 Å². The molecule has 0 aromatic heterocycles. The minimum atomic E-state index is -0.0425. The number of nitrogens with zero attached hydrogens (tertiary/aromatic N) is 1. The topological polar surface area (TPSA) is 29.5 Å². The molecule has 3 nitrogen and oxygen atoms in total. The molecule has 0 spiro atoms. The summed E-state index contributed by atoms with van der Waals surface area (Å²) in [5.41, 5.74) is 2.91. The molecule has 1 aliphatic heterocycles. The summed E-state index contributed by atoms with van der Waals surface area (Å²) in [4.78, 5) is 15.0. The maximum atomic E-state index is 12.7. The molecule has 0 bridgehead atoms. The molecule has 0 N–H and O–H groups in total. The fraction of sp³-hybridized carbons (Fsp3) is 0.632. The predicted molar refractivity (Wildman–Crippen MR) is 91.1 cm³/mol. The predicted octanol–water partition coefficient (Wildman–Crippen LogP) is 3.97. The number of ether oxygens (including phenoxy) is 1. The van der Waals surface area contributed by atoms with Gasteiger partial charge < -0.3 is 4.74 Å². The maximum Gasteiger partial charge on any atom is 0.177 e. The first-order valence-electron chi connectivity index (χ1n) is 8.27. The highest BCUT2D eigenvalue weighted by atomic mass is 16.5. The summed E-state index contributed by atoms with van der Waals surface area (Å²) in [7, 11) is 1.69. The van der Waals surface area contributed by atoms with Crippen LogP contribution in [0.1, 0.15) is 61.5 Å². The summed E-state index contributed by atoms with van der Waals surface area (Å²) in [6.07, 6.45) is 3.71. The summed E-state index contributed by atoms with van der Waals surface area (Å²) >= 11 is 0. The molecule has 1 heterocycles. The van der Waals surface area contributed by atoms with E-state index in [4.69, 9.17) is 4.74 Å². The van der Waals surface area contributed by atoms with Crippen molar-refractivity contribution in [2.24, 2.45) is 0 Å². The fourth-order valence-electron chi connectivity index (χ4n) is 3.14. The van der Waals surface area contributed by atoms with Crippen molar-refractivity contribution < 1.29 is 9.53 Å². The number of ketones is 1. The van der Waals surface area contributed by atoms with Crippen molar-refractivity contribution in [2.45, 2.75) is 52.4 Å². The Hall–Kier alpha value is -1.35. The van der Waals surface area contributed by atoms with Crippen LogP contribution in [0.15, 0.2) is 12.1 Å². The molecule has 1 aliphatic rings. The minimum absolute atomic E-state index is 0.0425. The van der Waals surface area contributed by atoms with Crippen molar-refractivity contribution in [1.29, 1.82) is 0 Å². The van der Waals surface area contributed by atoms with E-state index < -0.39 is 0 Å². The number of likely N-dealkylation sites (tertiary alicyclic amines) is 1. The lowest BCUT2D eigenvalue weighted by molar-refractivity contribution is 0.0915. The molecule has 0 aliphatic carbocycles. The number of carbonyl (C=O) groups is 1. The van der Waals surface area contributed by atoms with Gasteiger partial charge in [0.2, 0.25) is 0 Å². The summed E-state index contributed by atoms with van der Waals surface area (Å²) < 4.78 is 5.52. The minimum Gasteiger partial charge on any atom is -0.496 e. The molecular weight excluding hydrogens is 274 g/mol. The van der Waals surface area contributed by atoms with Crippen LogP contribution in [-0.2, 0) is 5.41 Å². The van der Waals surface area contributed by atoms with E-state index in [0.29, 0.717) is 6.54 Å². The number of hydrogen-bond acceptors (Lipinski definition) is 3. The summed E-state index contributed by atoms with van der Waals surface area (Å²) in [6, 6.07) is 4.05. The molecule has 1 aromatic carbocycles. The number of rotatable bonds is 4. The third-order valence-electron chi connectivity index (χ3n) is 4.47. The zero-order chi connectivity index (χ0) is 16.3. The quantitative estimate of drug-likeness (QED) is 0.788. The van der Waals surface area contributed by atoms with Gasteiger partial charge in [-0.2, -0.15) is 0 Å². The number of methoxy groups -OCH3 is 1. The monoisotopic (exact) mass is 303 g/mol. The Labute approximate surface area is 134 Å². The van der Waals surface area contributed by atoms with Gasteiger partial charge in [0.05, 0.1) is 13.7 Å². The molecule has 1 saturated heterocycles. The zero-order valence-corrected chi connectivity index (χ0v) is 14.7. The number of benzene rings is 1. The second kappa shape index (κ2) is 6.82. The molecule has 0 atom stereocenters. The first kappa shape index (κ1) is 17.0. The molecule has 22 heavy (non-hydrogen) atoms. The van der Waals surface area contributed by atoms with Crippen LogP contribution in [0.3, 0.4) is 0 Å². The molecule has 1 aromatic rings. The van der Waals surface area contributed by atoms with Crippen LogP contribution in [0, 0.1) is 6.92 Å². The van der Waals surface area contributed by atoms with Gasteiger partial charge in [0.1, 0.15) is 5.75 Å². The van der Waals surface area contributed by atoms with Gasteiger partial charge in [0, 0.05) is 11.1 Å². The van der Waals surface area contributed by atoms with Gasteiger partial charge in [0.25, 0.3) is 0 Å². The molecule has 122 valence electrons. The molecule has 0 unspecified atom stereocenters. The van der Waals surface area contributed by atoms with Gasteiger partial charge in [0.15, 0.2) is 5.78 Å². The van der Waals surface area contributed by atoms with Crippen LogP contribution in [0.5, 0.6) is 5.75 Å². The smallest absolute Gasteiger partial charge is 0.177 e. The maximum absolute atomic E-state index is 12.7. The molecule has 0 saturated carbocycles. The highest BCUT2D eigenvalue weighted by Crippen LogP contribution is 2.33.